The van der Waals surface area contributed by atoms with Gasteiger partial charge in [-0.15, -0.1) is 24.0 Å². The van der Waals surface area contributed by atoms with Gasteiger partial charge in [-0.25, -0.2) is 4.99 Å². The molecule has 6 heteroatoms. The second-order valence-corrected chi connectivity index (χ2v) is 4.65. The molecular formula is C14H20IN5. The molecule has 0 atom stereocenters. The van der Waals surface area contributed by atoms with Gasteiger partial charge in [-0.1, -0.05) is 6.07 Å². The standard InChI is InChI=1S/C14H19N5.HI/c1-10-6-11(2)8-12(7-10)18-14(15)16-9-13-4-5-17-19(13)3;/h4-8H,9H2,1-3H3,(H3,15,16,18);1H. The fourth-order valence-electron chi connectivity index (χ4n) is 1.96. The summed E-state index contributed by atoms with van der Waals surface area (Å²) in [5.74, 6) is 0.409. The van der Waals surface area contributed by atoms with E-state index in [1.807, 2.05) is 25.2 Å². The van der Waals surface area contributed by atoms with Gasteiger partial charge in [-0.2, -0.15) is 5.10 Å². The van der Waals surface area contributed by atoms with Crippen molar-refractivity contribution in [2.45, 2.75) is 20.4 Å². The minimum Gasteiger partial charge on any atom is -0.370 e. The Morgan fingerprint density at radius 2 is 1.95 bits per heavy atom. The molecule has 0 radical (unpaired) electrons. The smallest absolute Gasteiger partial charge is 0.193 e. The number of anilines is 1. The quantitative estimate of drug-likeness (QED) is 0.485. The summed E-state index contributed by atoms with van der Waals surface area (Å²) < 4.78 is 1.79. The third-order valence-electron chi connectivity index (χ3n) is 2.83. The molecular weight excluding hydrogens is 365 g/mol. The van der Waals surface area contributed by atoms with Gasteiger partial charge in [0, 0.05) is 18.9 Å². The van der Waals surface area contributed by atoms with E-state index in [1.54, 1.807) is 10.9 Å². The Kier molecular flexibility index (Phi) is 6.00. The van der Waals surface area contributed by atoms with Gasteiger partial charge in [0.2, 0.25) is 0 Å². The van der Waals surface area contributed by atoms with E-state index in [4.69, 9.17) is 5.73 Å². The maximum atomic E-state index is 5.88. The highest BCUT2D eigenvalue weighted by Crippen LogP contribution is 2.13. The number of aryl methyl sites for hydroxylation is 3. The molecule has 0 aliphatic rings. The van der Waals surface area contributed by atoms with Crippen LogP contribution in [0, 0.1) is 13.8 Å². The Bertz CT molecular complexity index is 583. The summed E-state index contributed by atoms with van der Waals surface area (Å²) in [5.41, 5.74) is 10.3. The first-order chi connectivity index (χ1) is 9.04. The van der Waals surface area contributed by atoms with Gasteiger partial charge >= 0.3 is 0 Å². The summed E-state index contributed by atoms with van der Waals surface area (Å²) in [6.45, 7) is 4.63. The molecule has 0 amide bonds. The van der Waals surface area contributed by atoms with E-state index in [0.29, 0.717) is 12.5 Å². The second kappa shape index (κ2) is 7.28. The number of nitrogens with two attached hydrogens (primary N) is 1. The van der Waals surface area contributed by atoms with E-state index in [0.717, 1.165) is 11.4 Å². The highest BCUT2D eigenvalue weighted by atomic mass is 127. The number of guanidine groups is 1. The van der Waals surface area contributed by atoms with Crippen LogP contribution in [0.2, 0.25) is 0 Å². The Morgan fingerprint density at radius 3 is 2.50 bits per heavy atom. The highest BCUT2D eigenvalue weighted by Gasteiger charge is 1.99. The Hall–Kier alpha value is -1.57. The Morgan fingerprint density at radius 1 is 1.30 bits per heavy atom. The van der Waals surface area contributed by atoms with Crippen LogP contribution >= 0.6 is 24.0 Å². The van der Waals surface area contributed by atoms with Gasteiger partial charge in [-0.3, -0.25) is 4.68 Å². The molecule has 0 bridgehead atoms. The lowest BCUT2D eigenvalue weighted by Gasteiger charge is -2.08. The molecule has 0 aliphatic carbocycles. The van der Waals surface area contributed by atoms with Crippen LogP contribution in [0.3, 0.4) is 0 Å². The van der Waals surface area contributed by atoms with Crippen molar-refractivity contribution < 1.29 is 0 Å². The molecule has 0 fully saturated rings. The summed E-state index contributed by atoms with van der Waals surface area (Å²) in [7, 11) is 1.89. The van der Waals surface area contributed by atoms with Crippen LogP contribution in [0.1, 0.15) is 16.8 Å². The van der Waals surface area contributed by atoms with Crippen molar-refractivity contribution in [1.82, 2.24) is 9.78 Å². The van der Waals surface area contributed by atoms with Gasteiger partial charge in [0.25, 0.3) is 0 Å². The molecule has 1 heterocycles. The number of halogens is 1. The normalized spacial score (nSPS) is 11.1. The molecule has 1 aromatic heterocycles. The maximum absolute atomic E-state index is 5.88. The zero-order valence-electron chi connectivity index (χ0n) is 11.9. The van der Waals surface area contributed by atoms with Crippen LogP contribution in [-0.4, -0.2) is 15.7 Å². The number of aromatic nitrogens is 2. The summed E-state index contributed by atoms with van der Waals surface area (Å²) in [5, 5.41) is 7.19. The van der Waals surface area contributed by atoms with E-state index in [9.17, 15) is 0 Å². The summed E-state index contributed by atoms with van der Waals surface area (Å²) >= 11 is 0. The Labute approximate surface area is 136 Å². The first-order valence-corrected chi connectivity index (χ1v) is 6.17. The van der Waals surface area contributed by atoms with Crippen LogP contribution in [-0.2, 0) is 13.6 Å². The lowest BCUT2D eigenvalue weighted by Crippen LogP contribution is -2.22. The van der Waals surface area contributed by atoms with E-state index >= 15 is 0 Å². The molecule has 0 spiro atoms. The van der Waals surface area contributed by atoms with Gasteiger partial charge in [0.05, 0.1) is 12.2 Å². The summed E-state index contributed by atoms with van der Waals surface area (Å²) in [6.07, 6.45) is 1.75. The molecule has 1 aromatic carbocycles. The first kappa shape index (κ1) is 16.5. The molecule has 5 nitrogen and oxygen atoms in total. The van der Waals surface area contributed by atoms with Gasteiger partial charge in [0.15, 0.2) is 5.96 Å². The van der Waals surface area contributed by atoms with Gasteiger partial charge < -0.3 is 11.1 Å². The minimum atomic E-state index is 0. The molecule has 2 rings (SSSR count). The zero-order valence-corrected chi connectivity index (χ0v) is 14.3. The SMILES string of the molecule is Cc1cc(C)cc(NC(N)=NCc2ccnn2C)c1.I. The molecule has 108 valence electrons. The summed E-state index contributed by atoms with van der Waals surface area (Å²) in [4.78, 5) is 4.30. The van der Waals surface area contributed by atoms with Crippen LogP contribution in [0.15, 0.2) is 35.5 Å². The topological polar surface area (TPSA) is 68.2 Å². The zero-order chi connectivity index (χ0) is 13.8. The van der Waals surface area contributed by atoms with Crippen molar-refractivity contribution in [2.75, 3.05) is 5.32 Å². The second-order valence-electron chi connectivity index (χ2n) is 4.65. The van der Waals surface area contributed by atoms with Crippen molar-refractivity contribution in [3.63, 3.8) is 0 Å². The number of hydrogen-bond donors (Lipinski definition) is 2. The third kappa shape index (κ3) is 4.52. The fourth-order valence-corrected chi connectivity index (χ4v) is 1.96. The van der Waals surface area contributed by atoms with Crippen LogP contribution in [0.25, 0.3) is 0 Å². The Balaban J connectivity index is 0.00000200. The summed E-state index contributed by atoms with van der Waals surface area (Å²) in [6, 6.07) is 8.13. The molecule has 0 unspecified atom stereocenters. The number of nitrogens with one attached hydrogen (secondary N) is 1. The highest BCUT2D eigenvalue weighted by molar-refractivity contribution is 14.0. The third-order valence-corrected chi connectivity index (χ3v) is 2.83. The molecule has 20 heavy (non-hydrogen) atoms. The van der Waals surface area contributed by atoms with Crippen LogP contribution < -0.4 is 11.1 Å². The van der Waals surface area contributed by atoms with Crippen LogP contribution in [0.4, 0.5) is 5.69 Å². The first-order valence-electron chi connectivity index (χ1n) is 6.17. The molecule has 0 saturated carbocycles. The van der Waals surface area contributed by atoms with E-state index in [-0.39, 0.29) is 24.0 Å². The number of aliphatic imine (C=N–C) groups is 1. The van der Waals surface area contributed by atoms with Crippen molar-refractivity contribution in [3.8, 4) is 0 Å². The number of rotatable bonds is 3. The van der Waals surface area contributed by atoms with Gasteiger partial charge in [0.1, 0.15) is 0 Å². The van der Waals surface area contributed by atoms with E-state index in [2.05, 4.69) is 35.3 Å². The minimum absolute atomic E-state index is 0. The van der Waals surface area contributed by atoms with Crippen molar-refractivity contribution >= 4 is 35.6 Å². The number of nitrogens with zero attached hydrogens (tertiary/aromatic N) is 3. The molecule has 2 aromatic rings. The molecule has 3 N–H and O–H groups in total. The molecule has 0 saturated heterocycles. The average molecular weight is 385 g/mol. The van der Waals surface area contributed by atoms with Crippen molar-refractivity contribution in [3.05, 3.63) is 47.3 Å². The average Bonchev–Trinajstić information content (AvgIpc) is 2.71. The van der Waals surface area contributed by atoms with Crippen molar-refractivity contribution in [2.24, 2.45) is 17.8 Å². The van der Waals surface area contributed by atoms with E-state index in [1.165, 1.54) is 11.1 Å². The lowest BCUT2D eigenvalue weighted by atomic mass is 10.1. The maximum Gasteiger partial charge on any atom is 0.193 e. The predicted molar refractivity (Wildman–Crippen MR) is 93.5 cm³/mol. The largest absolute Gasteiger partial charge is 0.370 e. The molecule has 0 aliphatic heterocycles. The van der Waals surface area contributed by atoms with E-state index < -0.39 is 0 Å². The van der Waals surface area contributed by atoms with Gasteiger partial charge in [-0.05, 0) is 43.2 Å². The number of benzene rings is 1. The van der Waals surface area contributed by atoms with Crippen LogP contribution in [0.5, 0.6) is 0 Å². The monoisotopic (exact) mass is 385 g/mol. The van der Waals surface area contributed by atoms with Crippen molar-refractivity contribution in [1.29, 1.82) is 0 Å². The fraction of sp³-hybridized carbons (Fsp3) is 0.286. The lowest BCUT2D eigenvalue weighted by molar-refractivity contribution is 0.712. The number of hydrogen-bond acceptors (Lipinski definition) is 2. The predicted octanol–water partition coefficient (Wildman–Crippen LogP) is 2.58.